The Bertz CT molecular complexity index is 1770. The number of urea groups is 1. The molecule has 14 heteroatoms. The highest BCUT2D eigenvalue weighted by Crippen LogP contribution is 2.44. The number of nitrogens with one attached hydrogen (secondary N) is 3. The number of carbonyl (C=O) groups is 2. The molecule has 4 aromatic rings. The number of rotatable bonds is 10. The summed E-state index contributed by atoms with van der Waals surface area (Å²) in [5, 5.41) is 26.3. The molecule has 0 aliphatic carbocycles. The van der Waals surface area contributed by atoms with E-state index in [4.69, 9.17) is 0 Å². The highest BCUT2D eigenvalue weighted by molar-refractivity contribution is 7.13. The number of hydrogen-bond donors (Lipinski definition) is 5. The molecule has 3 heterocycles. The van der Waals surface area contributed by atoms with E-state index in [0.717, 1.165) is 22.9 Å². The molecule has 0 radical (unpaired) electrons. The number of thiazole rings is 1. The van der Waals surface area contributed by atoms with Gasteiger partial charge in [0.05, 0.1) is 5.39 Å². The van der Waals surface area contributed by atoms with Crippen LogP contribution in [0, 0.1) is 5.92 Å². The minimum atomic E-state index is -4.70. The Labute approximate surface area is 254 Å². The number of anilines is 1. The van der Waals surface area contributed by atoms with Crippen molar-refractivity contribution < 1.29 is 33.0 Å². The van der Waals surface area contributed by atoms with Crippen molar-refractivity contribution in [2.24, 2.45) is 5.92 Å². The van der Waals surface area contributed by atoms with Crippen LogP contribution in [0.3, 0.4) is 0 Å². The Morgan fingerprint density at radius 2 is 1.89 bits per heavy atom. The molecule has 1 unspecified atom stereocenters. The number of aromatic amines is 1. The van der Waals surface area contributed by atoms with Gasteiger partial charge < -0.3 is 20.5 Å². The number of aromatic nitrogens is 3. The Kier molecular flexibility index (Phi) is 9.74. The van der Waals surface area contributed by atoms with Gasteiger partial charge in [-0.1, -0.05) is 20.8 Å². The minimum Gasteiger partial charge on any atom is -0.477 e. The first-order chi connectivity index (χ1) is 20.8. The third-order valence-corrected chi connectivity index (χ3v) is 7.96. The summed E-state index contributed by atoms with van der Waals surface area (Å²) in [7, 11) is 0. The third-order valence-electron chi connectivity index (χ3n) is 7.08. The van der Waals surface area contributed by atoms with Crippen molar-refractivity contribution in [3.63, 3.8) is 0 Å². The van der Waals surface area contributed by atoms with Gasteiger partial charge in [0, 0.05) is 53.5 Å². The van der Waals surface area contributed by atoms with E-state index < -0.39 is 40.8 Å². The van der Waals surface area contributed by atoms with Crippen LogP contribution in [0.5, 0.6) is 0 Å². The lowest BCUT2D eigenvalue weighted by Crippen LogP contribution is -2.28. The van der Waals surface area contributed by atoms with Gasteiger partial charge >= 0.3 is 18.2 Å². The van der Waals surface area contributed by atoms with Gasteiger partial charge in [0.1, 0.15) is 16.4 Å². The molecule has 234 valence electrons. The summed E-state index contributed by atoms with van der Waals surface area (Å²) < 4.78 is 40.8. The Morgan fingerprint density at radius 1 is 1.16 bits per heavy atom. The Balaban J connectivity index is 2.14. The zero-order valence-corrected chi connectivity index (χ0v) is 25.2. The van der Waals surface area contributed by atoms with Gasteiger partial charge in [0.15, 0.2) is 5.69 Å². The van der Waals surface area contributed by atoms with Crippen molar-refractivity contribution in [1.29, 1.82) is 0 Å². The molecule has 0 saturated heterocycles. The summed E-state index contributed by atoms with van der Waals surface area (Å²) in [6, 6.07) is 2.51. The zero-order chi connectivity index (χ0) is 32.3. The molecular weight excluding hydrogens is 599 g/mol. The number of aromatic carboxylic acids is 1. The van der Waals surface area contributed by atoms with Crippen LogP contribution >= 0.6 is 11.3 Å². The number of alkyl halides is 3. The second kappa shape index (κ2) is 13.1. The molecule has 2 amide bonds. The third kappa shape index (κ3) is 6.60. The lowest BCUT2D eigenvalue weighted by atomic mass is 9.81. The number of pyridine rings is 2. The van der Waals surface area contributed by atoms with Gasteiger partial charge in [-0.3, -0.25) is 10.1 Å². The van der Waals surface area contributed by atoms with E-state index in [1.54, 1.807) is 19.9 Å². The van der Waals surface area contributed by atoms with Crippen LogP contribution in [0.25, 0.3) is 32.6 Å². The number of fused-ring (bicyclic) bond motifs is 1. The average Bonchev–Trinajstić information content (AvgIpc) is 3.46. The van der Waals surface area contributed by atoms with Crippen molar-refractivity contribution in [2.45, 2.75) is 52.6 Å². The normalized spacial score (nSPS) is 12.5. The molecule has 0 aliphatic heterocycles. The summed E-state index contributed by atoms with van der Waals surface area (Å²) in [5.41, 5.74) is 0.0515. The number of hydrogen-bond acceptors (Lipinski definition) is 7. The second-order valence-corrected chi connectivity index (χ2v) is 11.4. The number of carboxylic acids is 1. The van der Waals surface area contributed by atoms with Crippen molar-refractivity contribution >= 4 is 40.1 Å². The van der Waals surface area contributed by atoms with Crippen LogP contribution < -0.4 is 16.1 Å². The van der Waals surface area contributed by atoms with Gasteiger partial charge in [-0.05, 0) is 54.5 Å². The van der Waals surface area contributed by atoms with Crippen LogP contribution in [0.1, 0.15) is 67.2 Å². The van der Waals surface area contributed by atoms with Gasteiger partial charge in [-0.2, -0.15) is 13.2 Å². The number of halogens is 3. The summed E-state index contributed by atoms with van der Waals surface area (Å²) in [6.45, 7) is 7.50. The van der Waals surface area contributed by atoms with E-state index in [9.17, 15) is 37.8 Å². The molecule has 0 bridgehead atoms. The van der Waals surface area contributed by atoms with E-state index in [1.807, 2.05) is 13.8 Å². The molecule has 0 aliphatic rings. The predicted octanol–water partition coefficient (Wildman–Crippen LogP) is 6.26. The second-order valence-electron chi connectivity index (χ2n) is 10.6. The number of aliphatic hydroxyl groups excluding tert-OH is 1. The number of carbonyl (C=O) groups excluding carboxylic acids is 1. The van der Waals surface area contributed by atoms with Crippen molar-refractivity contribution in [2.75, 3.05) is 18.5 Å². The van der Waals surface area contributed by atoms with Gasteiger partial charge in [0.2, 0.25) is 5.43 Å². The van der Waals surface area contributed by atoms with E-state index in [1.165, 1.54) is 12.3 Å². The molecule has 5 N–H and O–H groups in total. The van der Waals surface area contributed by atoms with Crippen LogP contribution in [-0.2, 0) is 12.6 Å². The van der Waals surface area contributed by atoms with E-state index in [0.29, 0.717) is 40.7 Å². The molecule has 0 fully saturated rings. The van der Waals surface area contributed by atoms with E-state index >= 15 is 0 Å². The maximum absolute atomic E-state index is 13.6. The molecule has 0 spiro atoms. The number of H-pyrrole nitrogens is 1. The largest absolute Gasteiger partial charge is 0.477 e. The summed E-state index contributed by atoms with van der Waals surface area (Å²) in [5.74, 6) is -1.68. The number of carboxylic acid groups (broad SMARTS) is 1. The fraction of sp³-hybridized carbons (Fsp3) is 0.367. The monoisotopic (exact) mass is 631 g/mol. The summed E-state index contributed by atoms with van der Waals surface area (Å²) in [6.07, 6.45) is -1.43. The fourth-order valence-corrected chi connectivity index (χ4v) is 6.11. The first-order valence-electron chi connectivity index (χ1n) is 13.9. The minimum absolute atomic E-state index is 0.0145. The first-order valence-corrected chi connectivity index (χ1v) is 14.8. The molecular formula is C30H32F3N5O5S. The molecule has 4 rings (SSSR count). The highest BCUT2D eigenvalue weighted by atomic mass is 32.1. The van der Waals surface area contributed by atoms with E-state index in [2.05, 4.69) is 25.6 Å². The Morgan fingerprint density at radius 3 is 2.45 bits per heavy atom. The molecule has 10 nitrogen and oxygen atoms in total. The number of nitrogens with zero attached hydrogens (tertiary/aromatic N) is 2. The van der Waals surface area contributed by atoms with Gasteiger partial charge in [-0.15, -0.1) is 11.3 Å². The zero-order valence-electron chi connectivity index (χ0n) is 24.4. The van der Waals surface area contributed by atoms with Crippen LogP contribution in [-0.4, -0.2) is 50.3 Å². The quantitative estimate of drug-likeness (QED) is 0.138. The number of aliphatic hydroxyl groups is 1. The number of benzene rings is 1. The highest BCUT2D eigenvalue weighted by Gasteiger charge is 2.34. The topological polar surface area (TPSA) is 157 Å². The van der Waals surface area contributed by atoms with Crippen molar-refractivity contribution in [1.82, 2.24) is 20.3 Å². The average molecular weight is 632 g/mol. The Hall–Kier alpha value is -4.30. The maximum atomic E-state index is 13.6. The summed E-state index contributed by atoms with van der Waals surface area (Å²) in [4.78, 5) is 48.8. The standard InChI is InChI=1S/C30H32F3N5O5S/c1-5-16-24(17(15(12-39)7-14(3)4)8-21-25(16)26(40)20(11-35-21)28(41)42)19-10-36-23(38-29(43)34-6-2)9-18(19)27-37-22(13-44-27)30(31,32)33/h8-11,13-15,39H,5-7,12H2,1-4H3,(H,35,40)(H,41,42)(H2,34,36,38,43). The number of amides is 2. The summed E-state index contributed by atoms with van der Waals surface area (Å²) >= 11 is 0.751. The van der Waals surface area contributed by atoms with E-state index in [-0.39, 0.29) is 40.7 Å². The van der Waals surface area contributed by atoms with Crippen LogP contribution in [0.15, 0.2) is 34.7 Å². The molecule has 44 heavy (non-hydrogen) atoms. The lowest BCUT2D eigenvalue weighted by Gasteiger charge is -2.25. The lowest BCUT2D eigenvalue weighted by molar-refractivity contribution is -0.140. The van der Waals surface area contributed by atoms with Gasteiger partial charge in [-0.25, -0.2) is 19.6 Å². The van der Waals surface area contributed by atoms with Crippen molar-refractivity contribution in [3.05, 3.63) is 62.5 Å². The van der Waals surface area contributed by atoms with Gasteiger partial charge in [0.25, 0.3) is 0 Å². The maximum Gasteiger partial charge on any atom is 0.434 e. The molecule has 0 saturated carbocycles. The number of aryl methyl sites for hydroxylation is 1. The molecule has 1 atom stereocenters. The van der Waals surface area contributed by atoms with Crippen LogP contribution in [0.4, 0.5) is 23.8 Å². The first kappa shape index (κ1) is 32.6. The van der Waals surface area contributed by atoms with Crippen molar-refractivity contribution in [3.8, 4) is 21.7 Å². The molecule has 1 aromatic carbocycles. The fourth-order valence-electron chi connectivity index (χ4n) is 5.25. The predicted molar refractivity (Wildman–Crippen MR) is 162 cm³/mol. The van der Waals surface area contributed by atoms with Crippen LogP contribution in [0.2, 0.25) is 0 Å². The SMILES string of the molecule is CCNC(=O)Nc1cc(-c2nc(C(F)(F)F)cs2)c(-c2c(C(CO)CC(C)C)cc3[nH]cc(C(=O)O)c(=O)c3c2CC)cn1. The smallest absolute Gasteiger partial charge is 0.434 e. The molecule has 3 aromatic heterocycles.